The molecule has 190 valence electrons. The average Bonchev–Trinajstić information content (AvgIpc) is 3.19. The Labute approximate surface area is 201 Å². The summed E-state index contributed by atoms with van der Waals surface area (Å²) in [5.41, 5.74) is 7.19. The van der Waals surface area contributed by atoms with Gasteiger partial charge in [-0.1, -0.05) is 32.0 Å². The molecule has 4 atom stereocenters. The lowest BCUT2D eigenvalue weighted by Gasteiger charge is -2.23. The molecule has 0 bridgehead atoms. The molecule has 0 saturated carbocycles. The van der Waals surface area contributed by atoms with E-state index in [9.17, 15) is 34.2 Å². The molecule has 0 spiro atoms. The Kier molecular flexibility index (Phi) is 9.34. The topological polar surface area (TPSA) is 204 Å². The number of rotatable bonds is 12. The van der Waals surface area contributed by atoms with Crippen molar-refractivity contribution in [2.75, 3.05) is 0 Å². The Balaban J connectivity index is 2.10. The number of benzene rings is 1. The van der Waals surface area contributed by atoms with Crippen LogP contribution in [0.3, 0.4) is 0 Å². The number of para-hydroxylation sites is 1. The lowest BCUT2D eigenvalue weighted by atomic mass is 10.0. The lowest BCUT2D eigenvalue weighted by molar-refractivity contribution is -0.143. The maximum Gasteiger partial charge on any atom is 0.326 e. The van der Waals surface area contributed by atoms with Crippen molar-refractivity contribution in [3.05, 3.63) is 36.0 Å². The molecule has 12 heteroatoms. The summed E-state index contributed by atoms with van der Waals surface area (Å²) in [6.45, 7) is 4.82. The molecular weight excluding hydrogens is 458 g/mol. The standard InChI is InChI=1S/C23H31N5O7/c1-11(2)19(24)22(33)26-12(3)20(31)27-16(9-18(29)30)21(32)28-17(23(34)35)8-13-10-25-15-7-5-4-6-14(13)15/h4-7,10-12,16-17,19,25H,8-9,24H2,1-3H3,(H,26,33)(H,27,31)(H,28,32)(H,29,30)(H,34,35). The van der Waals surface area contributed by atoms with Gasteiger partial charge < -0.3 is 36.9 Å². The minimum absolute atomic E-state index is 0.0711. The van der Waals surface area contributed by atoms with Crippen molar-refractivity contribution in [2.24, 2.45) is 11.7 Å². The number of aliphatic carboxylic acids is 2. The first-order valence-electron chi connectivity index (χ1n) is 11.1. The van der Waals surface area contributed by atoms with Gasteiger partial charge in [0.15, 0.2) is 0 Å². The number of carbonyl (C=O) groups excluding carboxylic acids is 3. The molecule has 2 rings (SSSR count). The zero-order chi connectivity index (χ0) is 26.3. The number of aromatic nitrogens is 1. The molecule has 0 fully saturated rings. The first-order chi connectivity index (χ1) is 16.4. The number of carbonyl (C=O) groups is 5. The highest BCUT2D eigenvalue weighted by Crippen LogP contribution is 2.19. The van der Waals surface area contributed by atoms with Crippen LogP contribution in [-0.2, 0) is 30.4 Å². The predicted molar refractivity (Wildman–Crippen MR) is 126 cm³/mol. The third kappa shape index (κ3) is 7.54. The van der Waals surface area contributed by atoms with Crippen LogP contribution in [0.4, 0.5) is 0 Å². The highest BCUT2D eigenvalue weighted by atomic mass is 16.4. The van der Waals surface area contributed by atoms with E-state index in [1.54, 1.807) is 32.2 Å². The summed E-state index contributed by atoms with van der Waals surface area (Å²) < 4.78 is 0. The summed E-state index contributed by atoms with van der Waals surface area (Å²) >= 11 is 0. The number of amides is 3. The van der Waals surface area contributed by atoms with Crippen LogP contribution in [0.15, 0.2) is 30.5 Å². The zero-order valence-electron chi connectivity index (χ0n) is 19.7. The van der Waals surface area contributed by atoms with Gasteiger partial charge in [0.25, 0.3) is 0 Å². The maximum atomic E-state index is 12.8. The van der Waals surface area contributed by atoms with Crippen molar-refractivity contribution >= 4 is 40.6 Å². The van der Waals surface area contributed by atoms with Gasteiger partial charge in [0.1, 0.15) is 18.1 Å². The molecule has 1 heterocycles. The average molecular weight is 490 g/mol. The molecule has 1 aromatic heterocycles. The summed E-state index contributed by atoms with van der Waals surface area (Å²) in [6, 6.07) is 2.31. The van der Waals surface area contributed by atoms with Crippen molar-refractivity contribution in [1.29, 1.82) is 0 Å². The van der Waals surface area contributed by atoms with Gasteiger partial charge in [-0.05, 0) is 24.5 Å². The van der Waals surface area contributed by atoms with Gasteiger partial charge in [-0.15, -0.1) is 0 Å². The Bertz CT molecular complexity index is 1100. The van der Waals surface area contributed by atoms with E-state index in [1.807, 2.05) is 12.1 Å². The monoisotopic (exact) mass is 489 g/mol. The molecule has 1 aromatic carbocycles. The van der Waals surface area contributed by atoms with Crippen molar-refractivity contribution in [1.82, 2.24) is 20.9 Å². The molecule has 0 aliphatic carbocycles. The van der Waals surface area contributed by atoms with Crippen molar-refractivity contribution in [2.45, 2.75) is 57.8 Å². The van der Waals surface area contributed by atoms with E-state index in [0.717, 1.165) is 10.9 Å². The summed E-state index contributed by atoms with van der Waals surface area (Å²) in [4.78, 5) is 63.6. The lowest BCUT2D eigenvalue weighted by Crippen LogP contribution is -2.57. The normalized spacial score (nSPS) is 14.5. The second-order valence-corrected chi connectivity index (χ2v) is 8.62. The van der Waals surface area contributed by atoms with Gasteiger partial charge in [-0.3, -0.25) is 19.2 Å². The Morgan fingerprint density at radius 3 is 2.14 bits per heavy atom. The van der Waals surface area contributed by atoms with Crippen LogP contribution in [0.1, 0.15) is 32.8 Å². The van der Waals surface area contributed by atoms with E-state index in [1.165, 1.54) is 6.92 Å². The minimum Gasteiger partial charge on any atom is -0.481 e. The van der Waals surface area contributed by atoms with Crippen molar-refractivity contribution in [3.8, 4) is 0 Å². The second kappa shape index (κ2) is 12.0. The Morgan fingerprint density at radius 2 is 1.54 bits per heavy atom. The van der Waals surface area contributed by atoms with E-state index < -0.39 is 60.2 Å². The molecular formula is C23H31N5O7. The summed E-state index contributed by atoms with van der Waals surface area (Å²) in [5, 5.41) is 26.6. The van der Waals surface area contributed by atoms with Crippen LogP contribution < -0.4 is 21.7 Å². The quantitative estimate of drug-likeness (QED) is 0.211. The molecule has 0 aliphatic rings. The van der Waals surface area contributed by atoms with Gasteiger partial charge in [0, 0.05) is 23.5 Å². The van der Waals surface area contributed by atoms with Crippen LogP contribution in [0.25, 0.3) is 10.9 Å². The first kappa shape index (κ1) is 27.3. The number of hydrogen-bond acceptors (Lipinski definition) is 6. The van der Waals surface area contributed by atoms with E-state index in [2.05, 4.69) is 20.9 Å². The number of carboxylic acids is 2. The molecule has 12 nitrogen and oxygen atoms in total. The van der Waals surface area contributed by atoms with Gasteiger partial charge in [-0.2, -0.15) is 0 Å². The fourth-order valence-corrected chi connectivity index (χ4v) is 3.35. The third-order valence-corrected chi connectivity index (χ3v) is 5.50. The van der Waals surface area contributed by atoms with Gasteiger partial charge >= 0.3 is 11.9 Å². The molecule has 3 amide bonds. The number of nitrogens with two attached hydrogens (primary N) is 1. The number of fused-ring (bicyclic) bond motifs is 1. The van der Waals surface area contributed by atoms with Crippen LogP contribution in [0, 0.1) is 5.92 Å². The molecule has 0 saturated heterocycles. The first-order valence-corrected chi connectivity index (χ1v) is 11.1. The van der Waals surface area contributed by atoms with Gasteiger partial charge in [0.2, 0.25) is 17.7 Å². The van der Waals surface area contributed by atoms with Crippen LogP contribution >= 0.6 is 0 Å². The molecule has 0 aliphatic heterocycles. The zero-order valence-corrected chi connectivity index (χ0v) is 19.7. The number of carboxylic acid groups (broad SMARTS) is 2. The second-order valence-electron chi connectivity index (χ2n) is 8.62. The van der Waals surface area contributed by atoms with Crippen LogP contribution in [0.5, 0.6) is 0 Å². The molecule has 35 heavy (non-hydrogen) atoms. The van der Waals surface area contributed by atoms with E-state index in [0.29, 0.717) is 5.56 Å². The van der Waals surface area contributed by atoms with Crippen molar-refractivity contribution < 1.29 is 34.2 Å². The highest BCUT2D eigenvalue weighted by molar-refractivity contribution is 5.95. The van der Waals surface area contributed by atoms with E-state index >= 15 is 0 Å². The van der Waals surface area contributed by atoms with E-state index in [-0.39, 0.29) is 12.3 Å². The fourth-order valence-electron chi connectivity index (χ4n) is 3.35. The molecule has 0 radical (unpaired) electrons. The smallest absolute Gasteiger partial charge is 0.326 e. The largest absolute Gasteiger partial charge is 0.481 e. The Morgan fingerprint density at radius 1 is 0.914 bits per heavy atom. The predicted octanol–water partition coefficient (Wildman–Crippen LogP) is -0.273. The summed E-state index contributed by atoms with van der Waals surface area (Å²) in [5.74, 6) is -5.27. The molecule has 2 aromatic rings. The van der Waals surface area contributed by atoms with Crippen LogP contribution in [0.2, 0.25) is 0 Å². The highest BCUT2D eigenvalue weighted by Gasteiger charge is 2.31. The van der Waals surface area contributed by atoms with Crippen molar-refractivity contribution in [3.63, 3.8) is 0 Å². The fraction of sp³-hybridized carbons (Fsp3) is 0.435. The Hall–Kier alpha value is -3.93. The van der Waals surface area contributed by atoms with Crippen LogP contribution in [-0.4, -0.2) is 69.0 Å². The number of nitrogens with one attached hydrogen (secondary N) is 4. The SMILES string of the molecule is CC(NC(=O)C(N)C(C)C)C(=O)NC(CC(=O)O)C(=O)NC(Cc1c[nH]c2ccccc12)C(=O)O. The third-order valence-electron chi connectivity index (χ3n) is 5.50. The number of aromatic amines is 1. The summed E-state index contributed by atoms with van der Waals surface area (Å²) in [7, 11) is 0. The van der Waals surface area contributed by atoms with Gasteiger partial charge in [-0.25, -0.2) is 4.79 Å². The molecule has 8 N–H and O–H groups in total. The maximum absolute atomic E-state index is 12.8. The number of H-pyrrole nitrogens is 1. The molecule has 4 unspecified atom stereocenters. The van der Waals surface area contributed by atoms with E-state index in [4.69, 9.17) is 5.73 Å². The van der Waals surface area contributed by atoms with Gasteiger partial charge in [0.05, 0.1) is 12.5 Å². The summed E-state index contributed by atoms with van der Waals surface area (Å²) in [6.07, 6.45) is 0.775. The minimum atomic E-state index is -1.57. The number of hydrogen-bond donors (Lipinski definition) is 7.